The van der Waals surface area contributed by atoms with Gasteiger partial charge in [-0.05, 0) is 50.0 Å². The van der Waals surface area contributed by atoms with Crippen LogP contribution >= 0.6 is 0 Å². The van der Waals surface area contributed by atoms with E-state index < -0.39 is 17.6 Å². The molecular weight excluding hydrogens is 474 g/mol. The quantitative estimate of drug-likeness (QED) is 0.337. The summed E-state index contributed by atoms with van der Waals surface area (Å²) < 4.78 is 62.6. The van der Waals surface area contributed by atoms with Crippen molar-refractivity contribution in [2.75, 3.05) is 12.4 Å². The van der Waals surface area contributed by atoms with Crippen molar-refractivity contribution in [2.24, 2.45) is 0 Å². The molecule has 0 radical (unpaired) electrons. The van der Waals surface area contributed by atoms with Crippen LogP contribution in [0.1, 0.15) is 61.7 Å². The molecule has 0 saturated carbocycles. The summed E-state index contributed by atoms with van der Waals surface area (Å²) in [6, 6.07) is 3.40. The molecule has 0 bridgehead atoms. The fourth-order valence-electron chi connectivity index (χ4n) is 4.42. The lowest BCUT2D eigenvalue weighted by atomic mass is 10.0. The first-order valence-corrected chi connectivity index (χ1v) is 11.9. The van der Waals surface area contributed by atoms with Gasteiger partial charge in [0, 0.05) is 36.5 Å². The average molecular weight is 504 g/mol. The number of halogens is 4. The molecule has 2 aromatic rings. The standard InChI is InChI=1S/C26H29F4N5O/c1-4-7-17(26(28,29)30)12-19(20(27)5-2)22-14-23-21(8-6-11-35(23)34-22)33-25-18-13-24(36-3)32-15-16(18)9-10-31-25/h5,7,9-10,12-14,21,32H,4,6,8,11,15H2,1-3H3,(H,31,33)/b17-7-,19-12+,20-5+. The van der Waals surface area contributed by atoms with Gasteiger partial charge in [-0.1, -0.05) is 19.1 Å². The maximum Gasteiger partial charge on any atom is 0.416 e. The molecule has 4 heterocycles. The summed E-state index contributed by atoms with van der Waals surface area (Å²) in [6.07, 6.45) is 3.78. The highest BCUT2D eigenvalue weighted by Gasteiger charge is 2.33. The van der Waals surface area contributed by atoms with E-state index in [1.807, 2.05) is 12.1 Å². The molecule has 6 nitrogen and oxygen atoms in total. The molecule has 1 unspecified atom stereocenters. The number of pyridine rings is 1. The van der Waals surface area contributed by atoms with Crippen molar-refractivity contribution in [1.82, 2.24) is 20.1 Å². The highest BCUT2D eigenvalue weighted by atomic mass is 19.4. The van der Waals surface area contributed by atoms with Crippen LogP contribution in [0.15, 0.2) is 53.8 Å². The molecule has 10 heteroatoms. The monoisotopic (exact) mass is 503 g/mol. The molecule has 192 valence electrons. The van der Waals surface area contributed by atoms with Gasteiger partial charge in [0.05, 0.1) is 30.1 Å². The lowest BCUT2D eigenvalue weighted by Gasteiger charge is -2.27. The Morgan fingerprint density at radius 1 is 1.36 bits per heavy atom. The number of ether oxygens (including phenoxy) is 1. The second-order valence-electron chi connectivity index (χ2n) is 8.58. The Balaban J connectivity index is 1.71. The van der Waals surface area contributed by atoms with Crippen LogP contribution in [0, 0.1) is 0 Å². The van der Waals surface area contributed by atoms with Gasteiger partial charge in [-0.2, -0.15) is 18.3 Å². The number of anilines is 1. The molecule has 2 aliphatic rings. The molecule has 0 fully saturated rings. The minimum atomic E-state index is -4.60. The van der Waals surface area contributed by atoms with E-state index in [2.05, 4.69) is 20.7 Å². The van der Waals surface area contributed by atoms with Crippen molar-refractivity contribution in [3.8, 4) is 0 Å². The van der Waals surface area contributed by atoms with Crippen LogP contribution in [0.2, 0.25) is 0 Å². The van der Waals surface area contributed by atoms with Crippen LogP contribution in [0.4, 0.5) is 23.4 Å². The Bertz CT molecular complexity index is 1240. The smallest absolute Gasteiger partial charge is 0.416 e. The number of allylic oxidation sites excluding steroid dienone is 6. The molecule has 4 rings (SSSR count). The predicted octanol–water partition coefficient (Wildman–Crippen LogP) is 6.43. The van der Waals surface area contributed by atoms with Gasteiger partial charge in [0.15, 0.2) is 5.88 Å². The van der Waals surface area contributed by atoms with E-state index >= 15 is 0 Å². The fraction of sp³-hybridized carbons (Fsp3) is 0.385. The van der Waals surface area contributed by atoms with E-state index in [9.17, 15) is 17.6 Å². The number of aryl methyl sites for hydroxylation is 1. The molecule has 0 spiro atoms. The lowest BCUT2D eigenvalue weighted by Crippen LogP contribution is -2.24. The number of hydrogen-bond donors (Lipinski definition) is 2. The van der Waals surface area contributed by atoms with Crippen molar-refractivity contribution in [3.63, 3.8) is 0 Å². The largest absolute Gasteiger partial charge is 0.482 e. The zero-order chi connectivity index (χ0) is 25.9. The second-order valence-corrected chi connectivity index (χ2v) is 8.58. The highest BCUT2D eigenvalue weighted by Crippen LogP contribution is 2.36. The lowest BCUT2D eigenvalue weighted by molar-refractivity contribution is -0.0883. The third-order valence-electron chi connectivity index (χ3n) is 6.21. The summed E-state index contributed by atoms with van der Waals surface area (Å²) >= 11 is 0. The van der Waals surface area contributed by atoms with Gasteiger partial charge in [-0.3, -0.25) is 4.68 Å². The number of fused-ring (bicyclic) bond motifs is 2. The van der Waals surface area contributed by atoms with Crippen LogP contribution in [0.5, 0.6) is 0 Å². The molecule has 0 aliphatic carbocycles. The van der Waals surface area contributed by atoms with Gasteiger partial charge in [-0.25, -0.2) is 9.37 Å². The molecular formula is C26H29F4N5O. The van der Waals surface area contributed by atoms with Crippen molar-refractivity contribution in [2.45, 2.75) is 58.4 Å². The average Bonchev–Trinajstić information content (AvgIpc) is 3.30. The van der Waals surface area contributed by atoms with E-state index in [-0.39, 0.29) is 23.7 Å². The van der Waals surface area contributed by atoms with Gasteiger partial charge >= 0.3 is 6.18 Å². The topological polar surface area (TPSA) is 64.0 Å². The fourth-order valence-corrected chi connectivity index (χ4v) is 4.42. The summed E-state index contributed by atoms with van der Waals surface area (Å²) in [6.45, 7) is 4.24. The molecule has 0 saturated heterocycles. The Labute approximate surface area is 207 Å². The number of methoxy groups -OCH3 is 1. The summed E-state index contributed by atoms with van der Waals surface area (Å²) in [4.78, 5) is 4.52. The first-order valence-electron chi connectivity index (χ1n) is 11.9. The number of aromatic nitrogens is 3. The van der Waals surface area contributed by atoms with Crippen LogP contribution in [-0.2, 0) is 17.8 Å². The number of hydrogen-bond acceptors (Lipinski definition) is 5. The number of rotatable bonds is 7. The maximum atomic E-state index is 14.8. The zero-order valence-electron chi connectivity index (χ0n) is 20.4. The van der Waals surface area contributed by atoms with Crippen LogP contribution in [0.3, 0.4) is 0 Å². The molecule has 0 amide bonds. The summed E-state index contributed by atoms with van der Waals surface area (Å²) in [5.41, 5.74) is 1.81. The molecule has 36 heavy (non-hydrogen) atoms. The van der Waals surface area contributed by atoms with Gasteiger partial charge in [0.2, 0.25) is 0 Å². The van der Waals surface area contributed by atoms with Crippen LogP contribution in [0.25, 0.3) is 11.6 Å². The first-order chi connectivity index (χ1) is 17.2. The third-order valence-corrected chi connectivity index (χ3v) is 6.21. The minimum Gasteiger partial charge on any atom is -0.482 e. The van der Waals surface area contributed by atoms with Gasteiger partial charge in [0.1, 0.15) is 11.6 Å². The van der Waals surface area contributed by atoms with Crippen LogP contribution in [-0.4, -0.2) is 28.1 Å². The molecule has 2 aliphatic heterocycles. The van der Waals surface area contributed by atoms with E-state index in [0.717, 1.165) is 47.9 Å². The van der Waals surface area contributed by atoms with Crippen LogP contribution < -0.4 is 10.6 Å². The summed E-state index contributed by atoms with van der Waals surface area (Å²) in [7, 11) is 1.59. The summed E-state index contributed by atoms with van der Waals surface area (Å²) in [5, 5.41) is 11.1. The Hall–Kier alpha value is -3.56. The second kappa shape index (κ2) is 10.6. The van der Waals surface area contributed by atoms with E-state index in [4.69, 9.17) is 4.74 Å². The number of alkyl halides is 3. The van der Waals surface area contributed by atoms with Crippen molar-refractivity contribution in [1.29, 1.82) is 0 Å². The van der Waals surface area contributed by atoms with Gasteiger partial charge in [0.25, 0.3) is 0 Å². The van der Waals surface area contributed by atoms with E-state index in [1.54, 1.807) is 31.0 Å². The normalized spacial score (nSPS) is 18.7. The number of nitrogens with zero attached hydrogens (tertiary/aromatic N) is 3. The highest BCUT2D eigenvalue weighted by molar-refractivity contribution is 5.77. The van der Waals surface area contributed by atoms with Crippen molar-refractivity contribution in [3.05, 3.63) is 76.4 Å². The Morgan fingerprint density at radius 3 is 2.86 bits per heavy atom. The van der Waals surface area contributed by atoms with E-state index in [0.29, 0.717) is 24.8 Å². The number of nitrogens with one attached hydrogen (secondary N) is 2. The Morgan fingerprint density at radius 2 is 2.17 bits per heavy atom. The molecule has 2 aromatic heterocycles. The molecule has 1 atom stereocenters. The van der Waals surface area contributed by atoms with E-state index in [1.165, 1.54) is 6.92 Å². The first kappa shape index (κ1) is 25.5. The van der Waals surface area contributed by atoms with Crippen molar-refractivity contribution < 1.29 is 22.3 Å². The zero-order valence-corrected chi connectivity index (χ0v) is 20.4. The summed E-state index contributed by atoms with van der Waals surface area (Å²) in [5.74, 6) is 0.543. The molecule has 2 N–H and O–H groups in total. The maximum absolute atomic E-state index is 14.8. The predicted molar refractivity (Wildman–Crippen MR) is 131 cm³/mol. The third kappa shape index (κ3) is 5.32. The van der Waals surface area contributed by atoms with Crippen molar-refractivity contribution >= 4 is 17.5 Å². The minimum absolute atomic E-state index is 0.161. The van der Waals surface area contributed by atoms with Gasteiger partial charge < -0.3 is 15.4 Å². The molecule has 0 aromatic carbocycles. The SMILES string of the molecule is C\C=C(F)/C(=C\C(=C\CC)C(F)(F)F)c1cc2n(n1)CCCC2Nc1nccc2c1C=C(OC)NC2. The van der Waals surface area contributed by atoms with Gasteiger partial charge in [-0.15, -0.1) is 0 Å². The Kier molecular flexibility index (Phi) is 7.51.